The third-order valence-corrected chi connectivity index (χ3v) is 14.7. The molecule has 6 saturated carbocycles. The Bertz CT molecular complexity index is 943. The number of fused-ring (bicyclic) bond motifs is 12. The van der Waals surface area contributed by atoms with Crippen molar-refractivity contribution in [3.63, 3.8) is 0 Å². The van der Waals surface area contributed by atoms with Crippen LogP contribution in [-0.2, 0) is 0 Å². The SMILES string of the molecule is C1CC2=C3CCC(=C1C2)C3P(C1C2=C3CCC(=C1CC2)C3)C1C2=C3CCC(=C1CC2)C3. The molecule has 12 bridgehead atoms. The molecule has 9 rings (SSSR count). The largest absolute Gasteiger partial charge is 0.0719 e. The van der Waals surface area contributed by atoms with E-state index in [1.54, 1.807) is 0 Å². The molecule has 0 spiro atoms. The zero-order valence-corrected chi connectivity index (χ0v) is 19.7. The predicted octanol–water partition coefficient (Wildman–Crippen LogP) is 8.33. The molecule has 0 N–H and O–H groups in total. The first-order chi connectivity index (χ1) is 15.3. The average molecular weight is 425 g/mol. The monoisotopic (exact) mass is 424 g/mol. The molecule has 0 saturated heterocycles. The molecule has 31 heavy (non-hydrogen) atoms. The Labute approximate surface area is 188 Å². The molecule has 0 aromatic heterocycles. The fraction of sp³-hybridized carbons (Fsp3) is 0.600. The van der Waals surface area contributed by atoms with Crippen LogP contribution in [-0.4, -0.2) is 17.0 Å². The molecule has 0 aliphatic heterocycles. The van der Waals surface area contributed by atoms with E-state index in [0.717, 1.165) is 17.0 Å². The van der Waals surface area contributed by atoms with E-state index in [2.05, 4.69) is 0 Å². The molecule has 9 aliphatic rings. The van der Waals surface area contributed by atoms with Crippen molar-refractivity contribution in [2.45, 2.75) is 113 Å². The topological polar surface area (TPSA) is 0 Å². The van der Waals surface area contributed by atoms with Gasteiger partial charge in [0.25, 0.3) is 0 Å². The maximum absolute atomic E-state index is 2.00. The minimum atomic E-state index is -0.0507. The van der Waals surface area contributed by atoms with Crippen molar-refractivity contribution in [3.05, 3.63) is 66.9 Å². The number of hydrogen-bond acceptors (Lipinski definition) is 0. The van der Waals surface area contributed by atoms with Crippen LogP contribution < -0.4 is 0 Å². The molecule has 0 aromatic carbocycles. The van der Waals surface area contributed by atoms with Crippen molar-refractivity contribution in [1.82, 2.24) is 0 Å². The lowest BCUT2D eigenvalue weighted by molar-refractivity contribution is 0.962. The van der Waals surface area contributed by atoms with E-state index in [1.165, 1.54) is 96.3 Å². The highest BCUT2D eigenvalue weighted by Gasteiger charge is 2.54. The highest BCUT2D eigenvalue weighted by Crippen LogP contribution is 2.75. The molecular formula is C30H33P. The van der Waals surface area contributed by atoms with Gasteiger partial charge < -0.3 is 0 Å². The van der Waals surface area contributed by atoms with Gasteiger partial charge in [0.2, 0.25) is 0 Å². The van der Waals surface area contributed by atoms with Gasteiger partial charge in [-0.2, -0.15) is 0 Å². The van der Waals surface area contributed by atoms with Crippen LogP contribution in [0.5, 0.6) is 0 Å². The third kappa shape index (κ3) is 2.05. The fourth-order valence-electron chi connectivity index (χ4n) is 9.86. The van der Waals surface area contributed by atoms with Crippen molar-refractivity contribution in [1.29, 1.82) is 0 Å². The summed E-state index contributed by atoms with van der Waals surface area (Å²) >= 11 is 0. The quantitative estimate of drug-likeness (QED) is 0.315. The molecule has 0 amide bonds. The lowest BCUT2D eigenvalue weighted by Gasteiger charge is -2.43. The van der Waals surface area contributed by atoms with Crippen molar-refractivity contribution in [3.8, 4) is 0 Å². The Morgan fingerprint density at radius 1 is 0.323 bits per heavy atom. The summed E-state index contributed by atoms with van der Waals surface area (Å²) in [5, 5.41) is 0. The fourth-order valence-corrected chi connectivity index (χ4v) is 14.8. The van der Waals surface area contributed by atoms with Crippen molar-refractivity contribution in [2.24, 2.45) is 0 Å². The van der Waals surface area contributed by atoms with Gasteiger partial charge in [-0.05, 0) is 96.3 Å². The molecule has 158 valence electrons. The lowest BCUT2D eigenvalue weighted by atomic mass is 9.96. The first-order valence-electron chi connectivity index (χ1n) is 13.4. The van der Waals surface area contributed by atoms with Gasteiger partial charge in [0.15, 0.2) is 0 Å². The summed E-state index contributed by atoms with van der Waals surface area (Å²) in [4.78, 5) is 0. The number of hydrogen-bond donors (Lipinski definition) is 0. The van der Waals surface area contributed by atoms with Crippen LogP contribution in [0.25, 0.3) is 0 Å². The summed E-state index contributed by atoms with van der Waals surface area (Å²) in [5.41, 5.74) is 26.3. The van der Waals surface area contributed by atoms with Gasteiger partial charge in [0.05, 0.1) is 0 Å². The first-order valence-corrected chi connectivity index (χ1v) is 14.9. The van der Waals surface area contributed by atoms with E-state index in [1.807, 2.05) is 66.9 Å². The van der Waals surface area contributed by atoms with Crippen molar-refractivity contribution >= 4 is 7.92 Å². The predicted molar refractivity (Wildman–Crippen MR) is 130 cm³/mol. The molecule has 1 heteroatoms. The van der Waals surface area contributed by atoms with Crippen LogP contribution >= 0.6 is 7.92 Å². The van der Waals surface area contributed by atoms with Crippen LogP contribution in [0.1, 0.15) is 96.3 Å². The molecule has 9 aliphatic carbocycles. The smallest absolute Gasteiger partial charge is 0.0232 e. The normalized spacial score (nSPS) is 31.6. The summed E-state index contributed by atoms with van der Waals surface area (Å²) in [6, 6.07) is 0. The molecule has 0 atom stereocenters. The minimum Gasteiger partial charge on any atom is -0.0719 e. The highest BCUT2D eigenvalue weighted by atomic mass is 31.1. The average Bonchev–Trinajstić information content (AvgIpc) is 3.54. The minimum absolute atomic E-state index is 0.0507. The lowest BCUT2D eigenvalue weighted by Crippen LogP contribution is -2.28. The third-order valence-electron chi connectivity index (χ3n) is 11.1. The molecule has 0 unspecified atom stereocenters. The summed E-state index contributed by atoms with van der Waals surface area (Å²) in [5.74, 6) is 0. The van der Waals surface area contributed by atoms with Crippen molar-refractivity contribution < 1.29 is 0 Å². The van der Waals surface area contributed by atoms with Gasteiger partial charge in [0.1, 0.15) is 0 Å². The Kier molecular flexibility index (Phi) is 3.28. The molecule has 6 fully saturated rings. The second kappa shape index (κ2) is 5.86. The zero-order chi connectivity index (χ0) is 19.8. The summed E-state index contributed by atoms with van der Waals surface area (Å²) < 4.78 is 0. The van der Waals surface area contributed by atoms with E-state index in [0.29, 0.717) is 0 Å². The summed E-state index contributed by atoms with van der Waals surface area (Å²) in [6.07, 6.45) is 21.3. The van der Waals surface area contributed by atoms with E-state index < -0.39 is 0 Å². The van der Waals surface area contributed by atoms with Crippen LogP contribution in [0, 0.1) is 0 Å². The molecule has 0 aromatic rings. The number of rotatable bonds is 3. The van der Waals surface area contributed by atoms with Crippen LogP contribution in [0.15, 0.2) is 66.9 Å². The maximum atomic E-state index is 2.00. The van der Waals surface area contributed by atoms with Gasteiger partial charge in [-0.1, -0.05) is 74.8 Å². The molecule has 0 heterocycles. The Hall–Kier alpha value is -1.13. The van der Waals surface area contributed by atoms with Gasteiger partial charge >= 0.3 is 0 Å². The Morgan fingerprint density at radius 3 is 0.774 bits per heavy atom. The second-order valence-corrected chi connectivity index (χ2v) is 14.4. The van der Waals surface area contributed by atoms with E-state index in [9.17, 15) is 0 Å². The molecular weight excluding hydrogens is 391 g/mol. The summed E-state index contributed by atoms with van der Waals surface area (Å²) in [7, 11) is -0.0507. The van der Waals surface area contributed by atoms with Gasteiger partial charge in [-0.25, -0.2) is 0 Å². The van der Waals surface area contributed by atoms with E-state index in [-0.39, 0.29) is 7.92 Å². The van der Waals surface area contributed by atoms with Crippen LogP contribution in [0.3, 0.4) is 0 Å². The Morgan fingerprint density at radius 2 is 0.548 bits per heavy atom. The van der Waals surface area contributed by atoms with Gasteiger partial charge in [0, 0.05) is 17.0 Å². The second-order valence-electron chi connectivity index (χ2n) is 12.0. The molecule has 0 nitrogen and oxygen atoms in total. The highest BCUT2D eigenvalue weighted by molar-refractivity contribution is 7.61. The van der Waals surface area contributed by atoms with E-state index >= 15 is 0 Å². The number of allylic oxidation sites excluding steroid dienone is 12. The van der Waals surface area contributed by atoms with Crippen LogP contribution in [0.4, 0.5) is 0 Å². The van der Waals surface area contributed by atoms with Crippen molar-refractivity contribution in [2.75, 3.05) is 0 Å². The standard InChI is InChI=1S/C30H33P/c1-2-17-13-16(1)22-7-8-23(17)28(22)31(29-24-9-10-25(29)19-4-3-18(24)14-19)30-26-11-12-27(30)21-6-5-20(26)15-21/h28-30H,1-15H2. The van der Waals surface area contributed by atoms with Crippen LogP contribution in [0.2, 0.25) is 0 Å². The summed E-state index contributed by atoms with van der Waals surface area (Å²) in [6.45, 7) is 0. The maximum Gasteiger partial charge on any atom is 0.0232 e. The van der Waals surface area contributed by atoms with E-state index in [4.69, 9.17) is 0 Å². The Balaban J connectivity index is 1.29. The molecule has 0 radical (unpaired) electrons. The zero-order valence-electron chi connectivity index (χ0n) is 18.8. The first kappa shape index (κ1) is 17.4. The van der Waals surface area contributed by atoms with Gasteiger partial charge in [-0.3, -0.25) is 0 Å². The van der Waals surface area contributed by atoms with Gasteiger partial charge in [-0.15, -0.1) is 0 Å².